The Balaban J connectivity index is 2.48. The summed E-state index contributed by atoms with van der Waals surface area (Å²) in [5.41, 5.74) is 1.12. The average molecular weight is 223 g/mol. The molecule has 2 N–H and O–H groups in total. The topological polar surface area (TPSA) is 41.5 Å². The van der Waals surface area contributed by atoms with E-state index in [4.69, 9.17) is 4.74 Å². The largest absolute Gasteiger partial charge is 0.504 e. The molecule has 0 saturated carbocycles. The Labute approximate surface area is 97.4 Å². The summed E-state index contributed by atoms with van der Waals surface area (Å²) >= 11 is 0. The number of ether oxygens (including phenoxy) is 1. The molecule has 3 nitrogen and oxygen atoms in total. The smallest absolute Gasteiger partial charge is 0.160 e. The standard InChI is InChI=1S/C13H21NO2/c1-4-10(2)8-14-9-11-5-6-12(15)13(7-11)16-3/h5-7,10,14-15H,4,8-9H2,1-3H3. The second-order valence-corrected chi connectivity index (χ2v) is 4.15. The molecule has 1 aromatic rings. The molecule has 0 aliphatic rings. The second-order valence-electron chi connectivity index (χ2n) is 4.15. The summed E-state index contributed by atoms with van der Waals surface area (Å²) in [6.45, 7) is 6.24. The first kappa shape index (κ1) is 12.8. The van der Waals surface area contributed by atoms with Crippen molar-refractivity contribution in [3.05, 3.63) is 23.8 Å². The van der Waals surface area contributed by atoms with Crippen molar-refractivity contribution in [3.63, 3.8) is 0 Å². The fourth-order valence-electron chi connectivity index (χ4n) is 1.44. The van der Waals surface area contributed by atoms with E-state index in [1.54, 1.807) is 13.2 Å². The average Bonchev–Trinajstić information content (AvgIpc) is 2.31. The Morgan fingerprint density at radius 3 is 2.81 bits per heavy atom. The van der Waals surface area contributed by atoms with Gasteiger partial charge in [0.1, 0.15) is 0 Å². The predicted molar refractivity (Wildman–Crippen MR) is 65.8 cm³/mol. The SMILES string of the molecule is CCC(C)CNCc1ccc(O)c(OC)c1. The van der Waals surface area contributed by atoms with Crippen LogP contribution in [0.1, 0.15) is 25.8 Å². The number of phenolic OH excluding ortho intramolecular Hbond substituents is 1. The number of hydrogen-bond donors (Lipinski definition) is 2. The molecular weight excluding hydrogens is 202 g/mol. The van der Waals surface area contributed by atoms with E-state index in [9.17, 15) is 5.11 Å². The lowest BCUT2D eigenvalue weighted by atomic mass is 10.1. The summed E-state index contributed by atoms with van der Waals surface area (Å²) < 4.78 is 5.06. The quantitative estimate of drug-likeness (QED) is 0.778. The van der Waals surface area contributed by atoms with Gasteiger partial charge in [0.05, 0.1) is 7.11 Å². The summed E-state index contributed by atoms with van der Waals surface area (Å²) in [6.07, 6.45) is 1.19. The second kappa shape index (κ2) is 6.38. The molecule has 3 heteroatoms. The van der Waals surface area contributed by atoms with Gasteiger partial charge in [0, 0.05) is 6.54 Å². The zero-order valence-corrected chi connectivity index (χ0v) is 10.3. The molecule has 0 saturated heterocycles. The van der Waals surface area contributed by atoms with E-state index >= 15 is 0 Å². The Kier molecular flexibility index (Phi) is 5.12. The molecule has 0 spiro atoms. The van der Waals surface area contributed by atoms with Gasteiger partial charge in [0.2, 0.25) is 0 Å². The Morgan fingerprint density at radius 2 is 2.19 bits per heavy atom. The highest BCUT2D eigenvalue weighted by Crippen LogP contribution is 2.26. The van der Waals surface area contributed by atoms with Gasteiger partial charge in [0.15, 0.2) is 11.5 Å². The molecule has 0 heterocycles. The molecule has 1 atom stereocenters. The van der Waals surface area contributed by atoms with Gasteiger partial charge in [-0.1, -0.05) is 26.3 Å². The highest BCUT2D eigenvalue weighted by Gasteiger charge is 2.03. The number of rotatable bonds is 6. The number of benzene rings is 1. The molecule has 0 aromatic heterocycles. The Morgan fingerprint density at radius 1 is 1.44 bits per heavy atom. The van der Waals surface area contributed by atoms with Gasteiger partial charge in [-0.2, -0.15) is 0 Å². The number of hydrogen-bond acceptors (Lipinski definition) is 3. The van der Waals surface area contributed by atoms with E-state index in [1.165, 1.54) is 6.42 Å². The van der Waals surface area contributed by atoms with E-state index in [0.717, 1.165) is 18.7 Å². The van der Waals surface area contributed by atoms with Crippen molar-refractivity contribution in [2.45, 2.75) is 26.8 Å². The highest BCUT2D eigenvalue weighted by molar-refractivity contribution is 5.41. The van der Waals surface area contributed by atoms with Crippen molar-refractivity contribution in [2.24, 2.45) is 5.92 Å². The van der Waals surface area contributed by atoms with Crippen molar-refractivity contribution < 1.29 is 9.84 Å². The molecule has 0 bridgehead atoms. The van der Waals surface area contributed by atoms with Gasteiger partial charge in [-0.15, -0.1) is 0 Å². The summed E-state index contributed by atoms with van der Waals surface area (Å²) in [6, 6.07) is 5.43. The van der Waals surface area contributed by atoms with E-state index in [0.29, 0.717) is 11.7 Å². The maximum Gasteiger partial charge on any atom is 0.160 e. The van der Waals surface area contributed by atoms with Gasteiger partial charge in [0.25, 0.3) is 0 Å². The first-order chi connectivity index (χ1) is 7.67. The van der Waals surface area contributed by atoms with Crippen molar-refractivity contribution in [3.8, 4) is 11.5 Å². The van der Waals surface area contributed by atoms with Gasteiger partial charge < -0.3 is 15.2 Å². The Bertz CT molecular complexity index is 326. The van der Waals surface area contributed by atoms with Crippen LogP contribution in [-0.2, 0) is 6.54 Å². The third-order valence-electron chi connectivity index (χ3n) is 2.76. The molecule has 16 heavy (non-hydrogen) atoms. The van der Waals surface area contributed by atoms with Crippen LogP contribution in [0.2, 0.25) is 0 Å². The first-order valence-electron chi connectivity index (χ1n) is 5.74. The van der Waals surface area contributed by atoms with Crippen LogP contribution in [0.5, 0.6) is 11.5 Å². The number of nitrogens with one attached hydrogen (secondary N) is 1. The fourth-order valence-corrected chi connectivity index (χ4v) is 1.44. The normalized spacial score (nSPS) is 12.4. The van der Waals surface area contributed by atoms with Gasteiger partial charge in [-0.25, -0.2) is 0 Å². The van der Waals surface area contributed by atoms with Gasteiger partial charge >= 0.3 is 0 Å². The molecular formula is C13H21NO2. The lowest BCUT2D eigenvalue weighted by Crippen LogP contribution is -2.20. The zero-order chi connectivity index (χ0) is 12.0. The molecule has 1 aromatic carbocycles. The molecule has 0 fully saturated rings. The zero-order valence-electron chi connectivity index (χ0n) is 10.3. The molecule has 1 unspecified atom stereocenters. The molecule has 0 aliphatic heterocycles. The van der Waals surface area contributed by atoms with Crippen LogP contribution in [0.25, 0.3) is 0 Å². The van der Waals surface area contributed by atoms with Crippen LogP contribution in [-0.4, -0.2) is 18.8 Å². The maximum absolute atomic E-state index is 9.44. The van der Waals surface area contributed by atoms with E-state index in [-0.39, 0.29) is 5.75 Å². The lowest BCUT2D eigenvalue weighted by molar-refractivity contribution is 0.372. The number of methoxy groups -OCH3 is 1. The number of aromatic hydroxyl groups is 1. The predicted octanol–water partition coefficient (Wildman–Crippen LogP) is 2.54. The summed E-state index contributed by atoms with van der Waals surface area (Å²) in [5.74, 6) is 1.41. The van der Waals surface area contributed by atoms with Crippen LogP contribution in [0, 0.1) is 5.92 Å². The minimum Gasteiger partial charge on any atom is -0.504 e. The van der Waals surface area contributed by atoms with Crippen molar-refractivity contribution >= 4 is 0 Å². The molecule has 0 aliphatic carbocycles. The monoisotopic (exact) mass is 223 g/mol. The minimum absolute atomic E-state index is 0.188. The van der Waals surface area contributed by atoms with Crippen LogP contribution < -0.4 is 10.1 Å². The van der Waals surface area contributed by atoms with Crippen LogP contribution in [0.15, 0.2) is 18.2 Å². The third-order valence-corrected chi connectivity index (χ3v) is 2.76. The van der Waals surface area contributed by atoms with E-state index < -0.39 is 0 Å². The molecule has 0 radical (unpaired) electrons. The maximum atomic E-state index is 9.44. The van der Waals surface area contributed by atoms with E-state index in [1.807, 2.05) is 12.1 Å². The van der Waals surface area contributed by atoms with Crippen molar-refractivity contribution in [1.29, 1.82) is 0 Å². The highest BCUT2D eigenvalue weighted by atomic mass is 16.5. The van der Waals surface area contributed by atoms with Crippen LogP contribution in [0.4, 0.5) is 0 Å². The van der Waals surface area contributed by atoms with Crippen molar-refractivity contribution in [1.82, 2.24) is 5.32 Å². The summed E-state index contributed by atoms with van der Waals surface area (Å²) in [7, 11) is 1.56. The number of phenols is 1. The summed E-state index contributed by atoms with van der Waals surface area (Å²) in [5, 5.41) is 12.8. The lowest BCUT2D eigenvalue weighted by Gasteiger charge is -2.11. The molecule has 90 valence electrons. The summed E-state index contributed by atoms with van der Waals surface area (Å²) in [4.78, 5) is 0. The van der Waals surface area contributed by atoms with Crippen LogP contribution in [0.3, 0.4) is 0 Å². The van der Waals surface area contributed by atoms with E-state index in [2.05, 4.69) is 19.2 Å². The van der Waals surface area contributed by atoms with Gasteiger partial charge in [-0.3, -0.25) is 0 Å². The van der Waals surface area contributed by atoms with Crippen LogP contribution >= 0.6 is 0 Å². The molecule has 0 amide bonds. The fraction of sp³-hybridized carbons (Fsp3) is 0.538. The Hall–Kier alpha value is -1.22. The molecule has 1 rings (SSSR count). The third kappa shape index (κ3) is 3.74. The van der Waals surface area contributed by atoms with Gasteiger partial charge in [-0.05, 0) is 30.2 Å². The first-order valence-corrected chi connectivity index (χ1v) is 5.74. The van der Waals surface area contributed by atoms with Crippen molar-refractivity contribution in [2.75, 3.05) is 13.7 Å². The minimum atomic E-state index is 0.188.